The number of ether oxygens (including phenoxy) is 4. The van der Waals surface area contributed by atoms with Crippen molar-refractivity contribution >= 4 is 17.8 Å². The van der Waals surface area contributed by atoms with Crippen LogP contribution in [0.2, 0.25) is 0 Å². The van der Waals surface area contributed by atoms with Crippen molar-refractivity contribution < 1.29 is 33.3 Å². The third kappa shape index (κ3) is 3.96. The maximum atomic E-state index is 13.8. The molecule has 3 aliphatic rings. The Morgan fingerprint density at radius 3 is 2.27 bits per heavy atom. The van der Waals surface area contributed by atoms with Crippen LogP contribution in [0.4, 0.5) is 4.79 Å². The van der Waals surface area contributed by atoms with Crippen LogP contribution in [0.5, 0.6) is 23.0 Å². The summed E-state index contributed by atoms with van der Waals surface area (Å²) in [5, 5.41) is 0. The van der Waals surface area contributed by atoms with Gasteiger partial charge in [-0.3, -0.25) is 24.3 Å². The summed E-state index contributed by atoms with van der Waals surface area (Å²) < 4.78 is 21.9. The Morgan fingerprint density at radius 2 is 1.59 bits per heavy atom. The van der Waals surface area contributed by atoms with Gasteiger partial charge in [0.05, 0.1) is 14.2 Å². The molecule has 0 spiro atoms. The summed E-state index contributed by atoms with van der Waals surface area (Å²) in [7, 11) is 6.05. The molecule has 4 amide bonds. The van der Waals surface area contributed by atoms with Gasteiger partial charge in [-0.15, -0.1) is 0 Å². The number of carbonyl (C=O) groups is 3. The fourth-order valence-corrected chi connectivity index (χ4v) is 5.63. The van der Waals surface area contributed by atoms with Gasteiger partial charge in [0.15, 0.2) is 23.0 Å². The van der Waals surface area contributed by atoms with Crippen molar-refractivity contribution in [3.8, 4) is 23.0 Å². The molecule has 1 saturated heterocycles. The average molecular weight is 510 g/mol. The first-order chi connectivity index (χ1) is 17.7. The highest BCUT2D eigenvalue weighted by atomic mass is 16.7. The van der Waals surface area contributed by atoms with Gasteiger partial charge in [0, 0.05) is 33.2 Å². The van der Waals surface area contributed by atoms with Gasteiger partial charge in [-0.1, -0.05) is 6.07 Å². The SMILES string of the molecule is COc1cc2c(cc1OC)[C@H](C)N(CC1(Cc3ccc4c(c3)OCO4)C(=O)N(C)C(=O)N(C)C1=O)CC2. The van der Waals surface area contributed by atoms with Gasteiger partial charge in [0.25, 0.3) is 0 Å². The van der Waals surface area contributed by atoms with Crippen LogP contribution in [0.1, 0.15) is 29.7 Å². The first-order valence-corrected chi connectivity index (χ1v) is 12.2. The normalized spacial score (nSPS) is 20.8. The lowest BCUT2D eigenvalue weighted by atomic mass is 9.76. The minimum Gasteiger partial charge on any atom is -0.493 e. The molecule has 0 saturated carbocycles. The van der Waals surface area contributed by atoms with Gasteiger partial charge in [0.2, 0.25) is 18.6 Å². The second-order valence-electron chi connectivity index (χ2n) is 9.76. The Morgan fingerprint density at radius 1 is 0.946 bits per heavy atom. The molecule has 1 fully saturated rings. The van der Waals surface area contributed by atoms with Gasteiger partial charge in [-0.25, -0.2) is 4.79 Å². The molecule has 0 radical (unpaired) electrons. The van der Waals surface area contributed by atoms with Crippen LogP contribution in [0.15, 0.2) is 30.3 Å². The fraction of sp³-hybridized carbons (Fsp3) is 0.444. The van der Waals surface area contributed by atoms with Crippen molar-refractivity contribution in [1.29, 1.82) is 0 Å². The first kappa shape index (κ1) is 24.9. The first-order valence-electron chi connectivity index (χ1n) is 12.2. The van der Waals surface area contributed by atoms with Crippen LogP contribution in [-0.2, 0) is 22.4 Å². The summed E-state index contributed by atoms with van der Waals surface area (Å²) in [5.41, 5.74) is 1.44. The highest BCUT2D eigenvalue weighted by Gasteiger charge is 2.56. The topological polar surface area (TPSA) is 97.8 Å². The minimum atomic E-state index is -1.49. The molecule has 0 aliphatic carbocycles. The van der Waals surface area contributed by atoms with Crippen LogP contribution < -0.4 is 18.9 Å². The summed E-state index contributed by atoms with van der Waals surface area (Å²) in [6, 6.07) is 8.62. The van der Waals surface area contributed by atoms with E-state index in [1.165, 1.54) is 14.1 Å². The standard InChI is InChI=1S/C27H31N3O7/c1-16-19-12-22(35-5)21(34-4)11-18(19)8-9-30(16)14-27(24(31)28(2)26(33)29(3)25(27)32)13-17-6-7-20-23(10-17)37-15-36-20/h6-7,10-12,16H,8-9,13-15H2,1-5H3/t16-/m0/s1. The maximum Gasteiger partial charge on any atom is 0.332 e. The van der Waals surface area contributed by atoms with Crippen molar-refractivity contribution in [3.05, 3.63) is 47.0 Å². The summed E-state index contributed by atoms with van der Waals surface area (Å²) in [6.07, 6.45) is 0.832. The lowest BCUT2D eigenvalue weighted by Gasteiger charge is -2.46. The molecule has 0 aromatic heterocycles. The number of hydrogen-bond acceptors (Lipinski definition) is 8. The van der Waals surface area contributed by atoms with Crippen molar-refractivity contribution in [1.82, 2.24) is 14.7 Å². The third-order valence-corrected chi connectivity index (χ3v) is 7.73. The molecule has 2 aromatic rings. The van der Waals surface area contributed by atoms with Crippen LogP contribution >= 0.6 is 0 Å². The molecule has 10 nitrogen and oxygen atoms in total. The molecule has 3 aliphatic heterocycles. The lowest BCUT2D eigenvalue weighted by molar-refractivity contribution is -0.159. The lowest BCUT2D eigenvalue weighted by Crippen LogP contribution is -2.67. The number of urea groups is 1. The van der Waals surface area contributed by atoms with Crippen molar-refractivity contribution in [2.24, 2.45) is 5.41 Å². The zero-order valence-electron chi connectivity index (χ0n) is 21.7. The molecule has 196 valence electrons. The monoisotopic (exact) mass is 509 g/mol. The fourth-order valence-electron chi connectivity index (χ4n) is 5.63. The number of fused-ring (bicyclic) bond motifs is 2. The van der Waals surface area contributed by atoms with Crippen molar-refractivity contribution in [3.63, 3.8) is 0 Å². The molecular weight excluding hydrogens is 478 g/mol. The van der Waals surface area contributed by atoms with Gasteiger partial charge < -0.3 is 18.9 Å². The Kier molecular flexibility index (Phi) is 6.23. The molecule has 2 aromatic carbocycles. The maximum absolute atomic E-state index is 13.8. The van der Waals surface area contributed by atoms with E-state index in [0.29, 0.717) is 36.0 Å². The predicted octanol–water partition coefficient (Wildman–Crippen LogP) is 2.63. The van der Waals surface area contributed by atoms with Crippen molar-refractivity contribution in [2.45, 2.75) is 25.8 Å². The van der Waals surface area contributed by atoms with E-state index in [9.17, 15) is 14.4 Å². The summed E-state index contributed by atoms with van der Waals surface area (Å²) in [5.74, 6) is 1.46. The van der Waals surface area contributed by atoms with Gasteiger partial charge in [-0.2, -0.15) is 0 Å². The van der Waals surface area contributed by atoms with E-state index in [1.54, 1.807) is 26.4 Å². The second kappa shape index (κ2) is 9.26. The predicted molar refractivity (Wildman–Crippen MR) is 133 cm³/mol. The molecule has 0 unspecified atom stereocenters. The smallest absolute Gasteiger partial charge is 0.332 e. The van der Waals surface area contributed by atoms with E-state index in [4.69, 9.17) is 18.9 Å². The van der Waals surface area contributed by atoms with E-state index in [0.717, 1.165) is 26.5 Å². The van der Waals surface area contributed by atoms with E-state index < -0.39 is 23.3 Å². The number of nitrogens with zero attached hydrogens (tertiary/aromatic N) is 3. The van der Waals surface area contributed by atoms with Crippen LogP contribution in [0.25, 0.3) is 0 Å². The second-order valence-corrected chi connectivity index (χ2v) is 9.76. The number of rotatable bonds is 6. The molecule has 5 rings (SSSR count). The Balaban J connectivity index is 1.53. The number of methoxy groups -OCH3 is 2. The van der Waals surface area contributed by atoms with Gasteiger partial charge in [0.1, 0.15) is 5.41 Å². The molecular formula is C27H31N3O7. The van der Waals surface area contributed by atoms with E-state index in [1.807, 2.05) is 18.2 Å². The number of amides is 4. The quantitative estimate of drug-likeness (QED) is 0.549. The minimum absolute atomic E-state index is 0.106. The summed E-state index contributed by atoms with van der Waals surface area (Å²) in [4.78, 5) is 44.5. The largest absolute Gasteiger partial charge is 0.493 e. The number of hydrogen-bond donors (Lipinski definition) is 0. The number of barbiturate groups is 1. The molecule has 0 bridgehead atoms. The highest BCUT2D eigenvalue weighted by molar-refractivity contribution is 6.19. The van der Waals surface area contributed by atoms with Gasteiger partial charge >= 0.3 is 6.03 Å². The van der Waals surface area contributed by atoms with Crippen LogP contribution in [0, 0.1) is 5.41 Å². The van der Waals surface area contributed by atoms with E-state index in [-0.39, 0.29) is 25.8 Å². The summed E-state index contributed by atoms with van der Waals surface area (Å²) >= 11 is 0. The van der Waals surface area contributed by atoms with Gasteiger partial charge in [-0.05, 0) is 60.7 Å². The van der Waals surface area contributed by atoms with E-state index in [2.05, 4.69) is 11.8 Å². The number of imide groups is 2. The third-order valence-electron chi connectivity index (χ3n) is 7.73. The Labute approximate surface area is 215 Å². The van der Waals surface area contributed by atoms with Crippen LogP contribution in [0.3, 0.4) is 0 Å². The Bertz CT molecular complexity index is 1250. The van der Waals surface area contributed by atoms with E-state index >= 15 is 0 Å². The molecule has 37 heavy (non-hydrogen) atoms. The molecule has 0 N–H and O–H groups in total. The summed E-state index contributed by atoms with van der Waals surface area (Å²) in [6.45, 7) is 2.96. The average Bonchev–Trinajstić information content (AvgIpc) is 3.38. The Hall–Kier alpha value is -3.79. The number of benzene rings is 2. The molecule has 3 heterocycles. The van der Waals surface area contributed by atoms with Crippen molar-refractivity contribution in [2.75, 3.05) is 48.2 Å². The van der Waals surface area contributed by atoms with Crippen LogP contribution in [-0.4, -0.2) is 80.7 Å². The highest BCUT2D eigenvalue weighted by Crippen LogP contribution is 2.42. The zero-order chi connectivity index (χ0) is 26.5. The molecule has 1 atom stereocenters. The molecule has 10 heteroatoms. The number of carbonyl (C=O) groups excluding carboxylic acids is 3. The zero-order valence-corrected chi connectivity index (χ0v) is 21.7.